The second-order valence-corrected chi connectivity index (χ2v) is 5.66. The number of carbonyl (C=O) groups is 2. The Bertz CT molecular complexity index is 697. The largest absolute Gasteiger partial charge is 0.459 e. The molecule has 25 heavy (non-hydrogen) atoms. The first-order valence-corrected chi connectivity index (χ1v) is 8.03. The summed E-state index contributed by atoms with van der Waals surface area (Å²) >= 11 is 0. The normalized spacial score (nSPS) is 11.5. The van der Waals surface area contributed by atoms with Crippen LogP contribution in [0.3, 0.4) is 0 Å². The van der Waals surface area contributed by atoms with Crippen LogP contribution < -0.4 is 0 Å². The van der Waals surface area contributed by atoms with Gasteiger partial charge in [-0.1, -0.05) is 60.7 Å². The fraction of sp³-hybridized carbons (Fsp3) is 0.250. The van der Waals surface area contributed by atoms with Gasteiger partial charge >= 0.3 is 11.9 Å². The van der Waals surface area contributed by atoms with Crippen LogP contribution in [0.2, 0.25) is 0 Å². The van der Waals surface area contributed by atoms with Gasteiger partial charge in [-0.2, -0.15) is 0 Å². The zero-order valence-electron chi connectivity index (χ0n) is 14.5. The van der Waals surface area contributed by atoms with Crippen molar-refractivity contribution >= 4 is 17.7 Å². The van der Waals surface area contributed by atoms with E-state index < -0.39 is 18.2 Å². The molecular formula is C20H21NO4. The molecule has 0 aromatic heterocycles. The van der Waals surface area contributed by atoms with Gasteiger partial charge in [0.05, 0.1) is 11.8 Å². The van der Waals surface area contributed by atoms with E-state index in [0.717, 1.165) is 11.1 Å². The first-order chi connectivity index (χ1) is 12.0. The number of benzene rings is 2. The minimum Gasteiger partial charge on any atom is -0.459 e. The highest BCUT2D eigenvalue weighted by Crippen LogP contribution is 2.14. The average molecular weight is 339 g/mol. The number of carbonyl (C=O) groups excluding carboxylic acids is 2. The molecular weight excluding hydrogens is 318 g/mol. The number of hydrogen-bond donors (Lipinski definition) is 0. The fourth-order valence-corrected chi connectivity index (χ4v) is 2.20. The maximum absolute atomic E-state index is 12.3. The van der Waals surface area contributed by atoms with Crippen molar-refractivity contribution in [1.82, 2.24) is 0 Å². The van der Waals surface area contributed by atoms with Gasteiger partial charge in [-0.3, -0.25) is 4.79 Å². The van der Waals surface area contributed by atoms with E-state index in [2.05, 4.69) is 4.99 Å². The molecule has 0 aliphatic carbocycles. The van der Waals surface area contributed by atoms with Gasteiger partial charge in [0, 0.05) is 18.1 Å². The van der Waals surface area contributed by atoms with E-state index in [9.17, 15) is 9.59 Å². The summed E-state index contributed by atoms with van der Waals surface area (Å²) in [5.74, 6) is -1.30. The molecule has 0 saturated carbocycles. The van der Waals surface area contributed by atoms with Crippen molar-refractivity contribution in [2.24, 2.45) is 4.99 Å². The summed E-state index contributed by atoms with van der Waals surface area (Å²) in [6, 6.07) is 18.8. The molecule has 2 aromatic carbocycles. The van der Waals surface area contributed by atoms with Crippen LogP contribution in [-0.4, -0.2) is 30.0 Å². The number of rotatable bonds is 6. The number of aliphatic imine (C=N–C) groups is 1. The highest BCUT2D eigenvalue weighted by Gasteiger charge is 2.25. The molecule has 0 aliphatic heterocycles. The summed E-state index contributed by atoms with van der Waals surface area (Å²) in [7, 11) is 0. The Kier molecular flexibility index (Phi) is 6.46. The van der Waals surface area contributed by atoms with Crippen LogP contribution in [0.5, 0.6) is 0 Å². The Morgan fingerprint density at radius 3 is 1.72 bits per heavy atom. The molecule has 0 saturated heterocycles. The van der Waals surface area contributed by atoms with Gasteiger partial charge in [-0.25, -0.2) is 9.79 Å². The van der Waals surface area contributed by atoms with E-state index in [1.54, 1.807) is 13.8 Å². The van der Waals surface area contributed by atoms with Crippen LogP contribution in [0.4, 0.5) is 0 Å². The van der Waals surface area contributed by atoms with Crippen LogP contribution >= 0.6 is 0 Å². The summed E-state index contributed by atoms with van der Waals surface area (Å²) in [5.41, 5.74) is 2.17. The first kappa shape index (κ1) is 18.4. The summed E-state index contributed by atoms with van der Waals surface area (Å²) in [4.78, 5) is 28.1. The second kappa shape index (κ2) is 8.78. The smallest absolute Gasteiger partial charge is 0.371 e. The average Bonchev–Trinajstić information content (AvgIpc) is 2.59. The van der Waals surface area contributed by atoms with E-state index in [0.29, 0.717) is 5.71 Å². The molecule has 0 radical (unpaired) electrons. The Morgan fingerprint density at radius 1 is 0.840 bits per heavy atom. The van der Waals surface area contributed by atoms with Gasteiger partial charge in [0.25, 0.3) is 6.23 Å². The highest BCUT2D eigenvalue weighted by molar-refractivity contribution is 6.13. The number of ether oxygens (including phenoxy) is 2. The predicted octanol–water partition coefficient (Wildman–Crippen LogP) is 3.36. The quantitative estimate of drug-likeness (QED) is 0.598. The molecule has 2 aromatic rings. The Hall–Kier alpha value is -2.95. The standard InChI is InChI=1S/C20H21NO4/c1-14(2)24-20(23)19(25-15(3)22)21-18(16-10-6-4-7-11-16)17-12-8-5-9-13-17/h4-14,19H,1-3H3. The molecule has 0 amide bonds. The van der Waals surface area contributed by atoms with E-state index in [1.807, 2.05) is 60.7 Å². The Labute approximate surface area is 147 Å². The minimum atomic E-state index is -1.35. The summed E-state index contributed by atoms with van der Waals surface area (Å²) in [6.07, 6.45) is -1.69. The third-order valence-corrected chi connectivity index (χ3v) is 3.17. The van der Waals surface area contributed by atoms with Crippen molar-refractivity contribution in [1.29, 1.82) is 0 Å². The van der Waals surface area contributed by atoms with Gasteiger partial charge in [-0.15, -0.1) is 0 Å². The molecule has 5 nitrogen and oxygen atoms in total. The first-order valence-electron chi connectivity index (χ1n) is 8.03. The van der Waals surface area contributed by atoms with Crippen molar-refractivity contribution in [3.05, 3.63) is 71.8 Å². The second-order valence-electron chi connectivity index (χ2n) is 5.66. The van der Waals surface area contributed by atoms with Gasteiger partial charge in [0.2, 0.25) is 0 Å². The van der Waals surface area contributed by atoms with Crippen molar-refractivity contribution in [2.75, 3.05) is 0 Å². The molecule has 5 heteroatoms. The van der Waals surface area contributed by atoms with Crippen LogP contribution in [0.1, 0.15) is 31.9 Å². The van der Waals surface area contributed by atoms with E-state index in [4.69, 9.17) is 9.47 Å². The monoisotopic (exact) mass is 339 g/mol. The van der Waals surface area contributed by atoms with E-state index in [-0.39, 0.29) is 6.10 Å². The SMILES string of the molecule is CC(=O)OC(N=C(c1ccccc1)c1ccccc1)C(=O)OC(C)C. The molecule has 1 atom stereocenters. The lowest BCUT2D eigenvalue weighted by atomic mass is 10.0. The van der Waals surface area contributed by atoms with Crippen LogP contribution in [-0.2, 0) is 19.1 Å². The van der Waals surface area contributed by atoms with Crippen LogP contribution in [0.25, 0.3) is 0 Å². The van der Waals surface area contributed by atoms with Gasteiger partial charge in [-0.05, 0) is 13.8 Å². The van der Waals surface area contributed by atoms with Gasteiger partial charge in [0.1, 0.15) is 0 Å². The third-order valence-electron chi connectivity index (χ3n) is 3.17. The number of nitrogens with zero attached hydrogens (tertiary/aromatic N) is 1. The lowest BCUT2D eigenvalue weighted by Crippen LogP contribution is -2.30. The van der Waals surface area contributed by atoms with Crippen molar-refractivity contribution in [3.8, 4) is 0 Å². The molecule has 0 fully saturated rings. The zero-order valence-corrected chi connectivity index (χ0v) is 14.5. The predicted molar refractivity (Wildman–Crippen MR) is 95.3 cm³/mol. The third kappa shape index (κ3) is 5.57. The van der Waals surface area contributed by atoms with Crippen LogP contribution in [0.15, 0.2) is 65.7 Å². The molecule has 0 heterocycles. The Balaban J connectivity index is 2.48. The molecule has 2 rings (SSSR count). The topological polar surface area (TPSA) is 65.0 Å². The van der Waals surface area contributed by atoms with Crippen LogP contribution in [0, 0.1) is 0 Å². The maximum Gasteiger partial charge on any atom is 0.371 e. The number of esters is 2. The van der Waals surface area contributed by atoms with E-state index >= 15 is 0 Å². The molecule has 130 valence electrons. The molecule has 0 N–H and O–H groups in total. The summed E-state index contributed by atoms with van der Waals surface area (Å²) in [6.45, 7) is 4.68. The van der Waals surface area contributed by atoms with Crippen molar-refractivity contribution in [2.45, 2.75) is 33.1 Å². The summed E-state index contributed by atoms with van der Waals surface area (Å²) < 4.78 is 10.2. The number of hydrogen-bond acceptors (Lipinski definition) is 5. The van der Waals surface area contributed by atoms with Crippen molar-refractivity contribution in [3.63, 3.8) is 0 Å². The zero-order chi connectivity index (χ0) is 18.2. The molecule has 0 spiro atoms. The molecule has 0 aliphatic rings. The highest BCUT2D eigenvalue weighted by atomic mass is 16.6. The minimum absolute atomic E-state index is 0.336. The summed E-state index contributed by atoms with van der Waals surface area (Å²) in [5, 5.41) is 0. The maximum atomic E-state index is 12.3. The molecule has 1 unspecified atom stereocenters. The van der Waals surface area contributed by atoms with E-state index in [1.165, 1.54) is 6.92 Å². The lowest BCUT2D eigenvalue weighted by Gasteiger charge is -2.16. The fourth-order valence-electron chi connectivity index (χ4n) is 2.20. The molecule has 0 bridgehead atoms. The van der Waals surface area contributed by atoms with Gasteiger partial charge in [0.15, 0.2) is 0 Å². The van der Waals surface area contributed by atoms with Gasteiger partial charge < -0.3 is 9.47 Å². The Morgan fingerprint density at radius 2 is 1.32 bits per heavy atom. The lowest BCUT2D eigenvalue weighted by molar-refractivity contribution is -0.168. The van der Waals surface area contributed by atoms with Crippen molar-refractivity contribution < 1.29 is 19.1 Å².